The Labute approximate surface area is 128 Å². The predicted octanol–water partition coefficient (Wildman–Crippen LogP) is 2.14. The highest BCUT2D eigenvalue weighted by Crippen LogP contribution is 2.42. The van der Waals surface area contributed by atoms with Crippen LogP contribution >= 0.6 is 0 Å². The van der Waals surface area contributed by atoms with E-state index in [9.17, 15) is 4.79 Å². The minimum absolute atomic E-state index is 0.0618. The number of aryl methyl sites for hydroxylation is 1. The molecule has 22 heavy (non-hydrogen) atoms. The van der Waals surface area contributed by atoms with E-state index < -0.39 is 6.04 Å². The predicted molar refractivity (Wildman–Crippen MR) is 81.9 cm³/mol. The molecule has 0 unspecified atom stereocenters. The fourth-order valence-electron chi connectivity index (χ4n) is 3.03. The lowest BCUT2D eigenvalue weighted by molar-refractivity contribution is -0.126. The van der Waals surface area contributed by atoms with Crippen molar-refractivity contribution in [1.29, 1.82) is 0 Å². The van der Waals surface area contributed by atoms with Gasteiger partial charge in [-0.05, 0) is 42.3 Å². The van der Waals surface area contributed by atoms with Crippen molar-refractivity contribution in [2.75, 3.05) is 11.7 Å². The minimum atomic E-state index is -0.527. The Hall–Kier alpha value is -2.53. The van der Waals surface area contributed by atoms with Crippen molar-refractivity contribution in [2.45, 2.75) is 19.0 Å². The quantitative estimate of drug-likeness (QED) is 0.862. The van der Waals surface area contributed by atoms with Crippen molar-refractivity contribution in [2.24, 2.45) is 5.73 Å². The summed E-state index contributed by atoms with van der Waals surface area (Å²) < 4.78 is 10.7. The molecule has 0 radical (unpaired) electrons. The van der Waals surface area contributed by atoms with Gasteiger partial charge in [-0.2, -0.15) is 0 Å². The second kappa shape index (κ2) is 4.74. The van der Waals surface area contributed by atoms with Gasteiger partial charge in [-0.1, -0.05) is 18.2 Å². The van der Waals surface area contributed by atoms with Crippen LogP contribution in [0.5, 0.6) is 11.5 Å². The smallest absolute Gasteiger partial charge is 0.247 e. The summed E-state index contributed by atoms with van der Waals surface area (Å²) in [6.07, 6.45) is 0. The molecule has 1 saturated heterocycles. The lowest BCUT2D eigenvalue weighted by atomic mass is 9.88. The summed E-state index contributed by atoms with van der Waals surface area (Å²) in [7, 11) is 0. The molecule has 5 heteroatoms. The molecule has 2 aromatic rings. The van der Waals surface area contributed by atoms with Crippen LogP contribution in [0, 0.1) is 6.92 Å². The molecule has 0 aromatic heterocycles. The molecule has 2 aromatic carbocycles. The van der Waals surface area contributed by atoms with Crippen molar-refractivity contribution in [3.63, 3.8) is 0 Å². The molecule has 2 N–H and O–H groups in total. The van der Waals surface area contributed by atoms with E-state index >= 15 is 0 Å². The summed E-state index contributed by atoms with van der Waals surface area (Å²) in [6.45, 7) is 2.24. The molecule has 0 spiro atoms. The summed E-state index contributed by atoms with van der Waals surface area (Å²) in [6, 6.07) is 12.9. The summed E-state index contributed by atoms with van der Waals surface area (Å²) in [5, 5.41) is 0. The Morgan fingerprint density at radius 1 is 1.14 bits per heavy atom. The second-order valence-corrected chi connectivity index (χ2v) is 5.63. The van der Waals surface area contributed by atoms with Gasteiger partial charge in [-0.25, -0.2) is 0 Å². The van der Waals surface area contributed by atoms with Crippen LogP contribution in [0.4, 0.5) is 5.69 Å². The van der Waals surface area contributed by atoms with Crippen LogP contribution in [0.15, 0.2) is 42.5 Å². The number of nitrogens with zero attached hydrogens (tertiary/aromatic N) is 1. The highest BCUT2D eigenvalue weighted by atomic mass is 16.7. The Balaban J connectivity index is 1.72. The second-order valence-electron chi connectivity index (χ2n) is 5.63. The van der Waals surface area contributed by atoms with E-state index in [1.165, 1.54) is 0 Å². The molecule has 0 aliphatic carbocycles. The minimum Gasteiger partial charge on any atom is -0.454 e. The molecule has 1 amide bonds. The van der Waals surface area contributed by atoms with Crippen LogP contribution in [0.25, 0.3) is 0 Å². The Morgan fingerprint density at radius 2 is 1.95 bits per heavy atom. The van der Waals surface area contributed by atoms with Gasteiger partial charge in [0.1, 0.15) is 6.04 Å². The third-order valence-electron chi connectivity index (χ3n) is 4.16. The average Bonchev–Trinajstić information content (AvgIpc) is 2.98. The molecule has 1 fully saturated rings. The maximum atomic E-state index is 12.2. The first-order chi connectivity index (χ1) is 10.6. The van der Waals surface area contributed by atoms with Crippen molar-refractivity contribution in [3.05, 3.63) is 53.6 Å². The number of carbonyl (C=O) groups is 1. The molecule has 0 bridgehead atoms. The molecule has 0 saturated carbocycles. The van der Waals surface area contributed by atoms with E-state index in [0.29, 0.717) is 5.75 Å². The zero-order chi connectivity index (χ0) is 15.3. The van der Waals surface area contributed by atoms with Gasteiger partial charge in [0.15, 0.2) is 11.5 Å². The zero-order valence-electron chi connectivity index (χ0n) is 12.2. The Morgan fingerprint density at radius 3 is 2.77 bits per heavy atom. The van der Waals surface area contributed by atoms with Gasteiger partial charge in [0.05, 0.1) is 6.04 Å². The van der Waals surface area contributed by atoms with E-state index in [2.05, 4.69) is 0 Å². The third-order valence-corrected chi connectivity index (χ3v) is 4.16. The van der Waals surface area contributed by atoms with Gasteiger partial charge in [-0.15, -0.1) is 0 Å². The number of hydrogen-bond acceptors (Lipinski definition) is 4. The maximum absolute atomic E-state index is 12.2. The van der Waals surface area contributed by atoms with E-state index in [-0.39, 0.29) is 18.7 Å². The fourth-order valence-corrected chi connectivity index (χ4v) is 3.03. The molecule has 4 rings (SSSR count). The number of fused-ring (bicyclic) bond motifs is 1. The van der Waals surface area contributed by atoms with Crippen molar-refractivity contribution < 1.29 is 14.3 Å². The summed E-state index contributed by atoms with van der Waals surface area (Å²) >= 11 is 0. The standard InChI is InChI=1S/C17H16N2O3/c1-10-3-2-4-12(7-10)19-16(15(18)17(19)20)11-5-6-13-14(8-11)22-9-21-13/h2-8,15-16H,9,18H2,1H3/t15-,16+/m0/s1. The molecular formula is C17H16N2O3. The highest BCUT2D eigenvalue weighted by Gasteiger charge is 2.47. The van der Waals surface area contributed by atoms with Gasteiger partial charge in [0.25, 0.3) is 0 Å². The largest absolute Gasteiger partial charge is 0.454 e. The summed E-state index contributed by atoms with van der Waals surface area (Å²) in [4.78, 5) is 14.0. The third kappa shape index (κ3) is 1.86. The fraction of sp³-hybridized carbons (Fsp3) is 0.235. The number of ether oxygens (including phenoxy) is 2. The molecule has 112 valence electrons. The van der Waals surface area contributed by atoms with Gasteiger partial charge in [-0.3, -0.25) is 4.79 Å². The number of hydrogen-bond donors (Lipinski definition) is 1. The number of anilines is 1. The van der Waals surface area contributed by atoms with Crippen LogP contribution < -0.4 is 20.1 Å². The molecule has 2 heterocycles. The van der Waals surface area contributed by atoms with Gasteiger partial charge >= 0.3 is 0 Å². The van der Waals surface area contributed by atoms with E-state index in [1.54, 1.807) is 4.90 Å². The number of carbonyl (C=O) groups excluding carboxylic acids is 1. The molecular weight excluding hydrogens is 280 g/mol. The van der Waals surface area contributed by atoms with E-state index in [0.717, 1.165) is 22.6 Å². The lowest BCUT2D eigenvalue weighted by Crippen LogP contribution is -2.63. The van der Waals surface area contributed by atoms with Crippen molar-refractivity contribution in [1.82, 2.24) is 0 Å². The summed E-state index contributed by atoms with van der Waals surface area (Å²) in [5.74, 6) is 1.37. The first-order valence-electron chi connectivity index (χ1n) is 7.20. The molecule has 2 aliphatic rings. The summed E-state index contributed by atoms with van der Waals surface area (Å²) in [5.41, 5.74) is 8.98. The van der Waals surface area contributed by atoms with Gasteiger partial charge in [0.2, 0.25) is 12.7 Å². The molecule has 2 aliphatic heterocycles. The number of amides is 1. The number of benzene rings is 2. The topological polar surface area (TPSA) is 64.8 Å². The van der Waals surface area contributed by atoms with E-state index in [1.807, 2.05) is 49.4 Å². The Bertz CT molecular complexity index is 759. The Kier molecular flexibility index (Phi) is 2.84. The monoisotopic (exact) mass is 296 g/mol. The van der Waals surface area contributed by atoms with Crippen LogP contribution in [0.3, 0.4) is 0 Å². The van der Waals surface area contributed by atoms with Gasteiger partial charge in [0, 0.05) is 5.69 Å². The highest BCUT2D eigenvalue weighted by molar-refractivity contribution is 6.05. The number of β-lactam (4-membered cyclic amide) rings is 1. The van der Waals surface area contributed by atoms with Crippen LogP contribution in [0.1, 0.15) is 17.2 Å². The van der Waals surface area contributed by atoms with Crippen molar-refractivity contribution >= 4 is 11.6 Å². The normalized spacial score (nSPS) is 22.6. The maximum Gasteiger partial charge on any atom is 0.247 e. The van der Waals surface area contributed by atoms with Crippen LogP contribution in [-0.2, 0) is 4.79 Å². The van der Waals surface area contributed by atoms with Crippen molar-refractivity contribution in [3.8, 4) is 11.5 Å². The zero-order valence-corrected chi connectivity index (χ0v) is 12.2. The lowest BCUT2D eigenvalue weighted by Gasteiger charge is -2.45. The molecule has 5 nitrogen and oxygen atoms in total. The number of nitrogens with two attached hydrogens (primary N) is 1. The van der Waals surface area contributed by atoms with E-state index in [4.69, 9.17) is 15.2 Å². The molecule has 2 atom stereocenters. The number of rotatable bonds is 2. The SMILES string of the molecule is Cc1cccc(N2C(=O)[C@@H](N)[C@H]2c2ccc3c(c2)OCO3)c1. The van der Waals surface area contributed by atoms with Gasteiger partial charge < -0.3 is 20.1 Å². The average molecular weight is 296 g/mol. The first-order valence-corrected chi connectivity index (χ1v) is 7.20. The van der Waals surface area contributed by atoms with Crippen LogP contribution in [0.2, 0.25) is 0 Å². The first kappa shape index (κ1) is 13.2. The van der Waals surface area contributed by atoms with Crippen LogP contribution in [-0.4, -0.2) is 18.7 Å².